The second-order valence-corrected chi connectivity index (χ2v) is 6.82. The van der Waals surface area contributed by atoms with Crippen LogP contribution in [0, 0.1) is 0 Å². The van der Waals surface area contributed by atoms with Crippen molar-refractivity contribution in [2.45, 2.75) is 19.5 Å². The standard InChI is InChI=1S/C14H16N4O4S/c1-9(19)16-13-14(20)15-8-12(17-13)7-10-4-3-5-11(6-10)18-23(2,21)22/h3-6,8,13,18H,7H2,1-2H3,(H,16,19). The Kier molecular flexibility index (Phi) is 4.89. The maximum Gasteiger partial charge on any atom is 0.290 e. The van der Waals surface area contributed by atoms with Gasteiger partial charge < -0.3 is 5.32 Å². The SMILES string of the molecule is CC(=O)NC1N=C(Cc2cccc(NS(C)(=O)=O)c2)C=NC1=O. The van der Waals surface area contributed by atoms with E-state index >= 15 is 0 Å². The minimum atomic E-state index is -3.36. The summed E-state index contributed by atoms with van der Waals surface area (Å²) < 4.78 is 24.9. The number of benzene rings is 1. The largest absolute Gasteiger partial charge is 0.327 e. The van der Waals surface area contributed by atoms with Crippen LogP contribution >= 0.6 is 0 Å². The summed E-state index contributed by atoms with van der Waals surface area (Å²) in [6, 6.07) is 6.81. The molecular weight excluding hydrogens is 320 g/mol. The number of rotatable bonds is 5. The molecule has 2 N–H and O–H groups in total. The van der Waals surface area contributed by atoms with Crippen molar-refractivity contribution in [3.63, 3.8) is 0 Å². The number of sulfonamides is 1. The van der Waals surface area contributed by atoms with Crippen LogP contribution in [-0.2, 0) is 26.0 Å². The van der Waals surface area contributed by atoms with Gasteiger partial charge in [0.15, 0.2) is 0 Å². The molecule has 1 unspecified atom stereocenters. The Balaban J connectivity index is 2.15. The van der Waals surface area contributed by atoms with E-state index in [1.807, 2.05) is 0 Å². The van der Waals surface area contributed by atoms with Gasteiger partial charge in [-0.1, -0.05) is 12.1 Å². The predicted molar refractivity (Wildman–Crippen MR) is 87.2 cm³/mol. The van der Waals surface area contributed by atoms with Crippen molar-refractivity contribution in [1.82, 2.24) is 5.32 Å². The number of carbonyl (C=O) groups excluding carboxylic acids is 2. The molecule has 122 valence electrons. The molecule has 0 saturated heterocycles. The van der Waals surface area contributed by atoms with Crippen molar-refractivity contribution >= 4 is 39.5 Å². The predicted octanol–water partition coefficient (Wildman–Crippen LogP) is 0.115. The van der Waals surface area contributed by atoms with Gasteiger partial charge in [-0.05, 0) is 17.7 Å². The Morgan fingerprint density at radius 3 is 2.74 bits per heavy atom. The van der Waals surface area contributed by atoms with Gasteiger partial charge in [-0.25, -0.2) is 13.4 Å². The van der Waals surface area contributed by atoms with Crippen molar-refractivity contribution in [3.8, 4) is 0 Å². The zero-order valence-corrected chi connectivity index (χ0v) is 13.4. The highest BCUT2D eigenvalue weighted by Crippen LogP contribution is 2.13. The van der Waals surface area contributed by atoms with E-state index in [4.69, 9.17) is 0 Å². The molecule has 0 fully saturated rings. The molecule has 1 aromatic rings. The number of nitrogens with one attached hydrogen (secondary N) is 2. The summed E-state index contributed by atoms with van der Waals surface area (Å²) >= 11 is 0. The van der Waals surface area contributed by atoms with Gasteiger partial charge in [0.2, 0.25) is 22.1 Å². The third-order valence-electron chi connectivity index (χ3n) is 2.83. The average Bonchev–Trinajstić information content (AvgIpc) is 2.40. The lowest BCUT2D eigenvalue weighted by Crippen LogP contribution is -2.40. The third kappa shape index (κ3) is 5.29. The summed E-state index contributed by atoms with van der Waals surface area (Å²) in [6.45, 7) is 1.29. The van der Waals surface area contributed by atoms with Gasteiger partial charge in [-0.3, -0.25) is 19.3 Å². The van der Waals surface area contributed by atoms with Gasteiger partial charge in [0.05, 0.1) is 18.2 Å². The molecule has 9 heteroatoms. The van der Waals surface area contributed by atoms with E-state index in [-0.39, 0.29) is 5.91 Å². The summed E-state index contributed by atoms with van der Waals surface area (Å²) in [7, 11) is -3.36. The summed E-state index contributed by atoms with van der Waals surface area (Å²) in [5, 5.41) is 2.41. The van der Waals surface area contributed by atoms with Crippen LogP contribution < -0.4 is 10.0 Å². The van der Waals surface area contributed by atoms with Crippen LogP contribution in [-0.4, -0.2) is 44.6 Å². The van der Waals surface area contributed by atoms with E-state index in [9.17, 15) is 18.0 Å². The monoisotopic (exact) mass is 336 g/mol. The first-order chi connectivity index (χ1) is 10.7. The van der Waals surface area contributed by atoms with Gasteiger partial charge in [-0.2, -0.15) is 0 Å². The Morgan fingerprint density at radius 2 is 2.09 bits per heavy atom. The molecule has 0 bridgehead atoms. The highest BCUT2D eigenvalue weighted by Gasteiger charge is 2.21. The van der Waals surface area contributed by atoms with Crippen molar-refractivity contribution < 1.29 is 18.0 Å². The van der Waals surface area contributed by atoms with E-state index in [0.29, 0.717) is 17.8 Å². The lowest BCUT2D eigenvalue weighted by molar-refractivity contribution is -0.125. The highest BCUT2D eigenvalue weighted by molar-refractivity contribution is 7.92. The van der Waals surface area contributed by atoms with E-state index < -0.39 is 22.1 Å². The van der Waals surface area contributed by atoms with Crippen molar-refractivity contribution in [2.24, 2.45) is 9.98 Å². The smallest absolute Gasteiger partial charge is 0.290 e. The van der Waals surface area contributed by atoms with Crippen molar-refractivity contribution in [1.29, 1.82) is 0 Å². The maximum absolute atomic E-state index is 11.5. The Labute approximate surface area is 133 Å². The number of amides is 2. The average molecular weight is 336 g/mol. The van der Waals surface area contributed by atoms with Crippen LogP contribution in [0.2, 0.25) is 0 Å². The number of anilines is 1. The molecule has 1 aliphatic heterocycles. The quantitative estimate of drug-likeness (QED) is 0.794. The van der Waals surface area contributed by atoms with E-state index in [1.165, 1.54) is 13.1 Å². The first-order valence-corrected chi connectivity index (χ1v) is 8.60. The lowest BCUT2D eigenvalue weighted by Gasteiger charge is -2.15. The van der Waals surface area contributed by atoms with Crippen molar-refractivity contribution in [2.75, 3.05) is 11.0 Å². The number of hydrogen-bond donors (Lipinski definition) is 2. The minimum absolute atomic E-state index is 0.353. The van der Waals surface area contributed by atoms with E-state index in [1.54, 1.807) is 24.3 Å². The van der Waals surface area contributed by atoms with Crippen LogP contribution in [0.5, 0.6) is 0 Å². The molecule has 23 heavy (non-hydrogen) atoms. The van der Waals surface area contributed by atoms with E-state index in [0.717, 1.165) is 11.8 Å². The first-order valence-electron chi connectivity index (χ1n) is 6.71. The van der Waals surface area contributed by atoms with Gasteiger partial charge in [0, 0.05) is 19.0 Å². The zero-order valence-electron chi connectivity index (χ0n) is 12.6. The second-order valence-electron chi connectivity index (χ2n) is 5.07. The van der Waals surface area contributed by atoms with Crippen LogP contribution in [0.15, 0.2) is 34.3 Å². The molecule has 0 radical (unpaired) electrons. The second kappa shape index (κ2) is 6.69. The summed E-state index contributed by atoms with van der Waals surface area (Å²) in [5.74, 6) is -0.903. The zero-order chi connectivity index (χ0) is 17.0. The van der Waals surface area contributed by atoms with Crippen LogP contribution in [0.3, 0.4) is 0 Å². The minimum Gasteiger partial charge on any atom is -0.327 e. The summed E-state index contributed by atoms with van der Waals surface area (Å²) in [5.41, 5.74) is 1.74. The number of carbonyl (C=O) groups is 2. The molecule has 0 spiro atoms. The topological polar surface area (TPSA) is 117 Å². The van der Waals surface area contributed by atoms with Crippen LogP contribution in [0.4, 0.5) is 5.69 Å². The molecule has 0 aliphatic carbocycles. The molecular formula is C14H16N4O4S. The fourth-order valence-corrected chi connectivity index (χ4v) is 2.56. The normalized spacial score (nSPS) is 17.6. The summed E-state index contributed by atoms with van der Waals surface area (Å²) in [4.78, 5) is 30.4. The fraction of sp³-hybridized carbons (Fsp3) is 0.286. The molecule has 1 aliphatic rings. The number of hydrogen-bond acceptors (Lipinski definition) is 5. The Morgan fingerprint density at radius 1 is 1.35 bits per heavy atom. The molecule has 2 rings (SSSR count). The van der Waals surface area contributed by atoms with Crippen LogP contribution in [0.25, 0.3) is 0 Å². The molecule has 1 heterocycles. The van der Waals surface area contributed by atoms with Gasteiger partial charge in [-0.15, -0.1) is 0 Å². The molecule has 1 atom stereocenters. The van der Waals surface area contributed by atoms with Gasteiger partial charge in [0.25, 0.3) is 5.91 Å². The Hall–Kier alpha value is -2.55. The fourth-order valence-electron chi connectivity index (χ4n) is 2.01. The van der Waals surface area contributed by atoms with Gasteiger partial charge >= 0.3 is 0 Å². The molecule has 0 saturated carbocycles. The highest BCUT2D eigenvalue weighted by atomic mass is 32.2. The number of aliphatic imine (C=N–C) groups is 2. The lowest BCUT2D eigenvalue weighted by atomic mass is 10.1. The van der Waals surface area contributed by atoms with E-state index in [2.05, 4.69) is 20.0 Å². The third-order valence-corrected chi connectivity index (χ3v) is 3.43. The van der Waals surface area contributed by atoms with Gasteiger partial charge in [0.1, 0.15) is 0 Å². The first kappa shape index (κ1) is 16.8. The van der Waals surface area contributed by atoms with Crippen molar-refractivity contribution in [3.05, 3.63) is 29.8 Å². The molecule has 1 aromatic carbocycles. The molecule has 0 aromatic heterocycles. The maximum atomic E-state index is 11.5. The molecule has 2 amide bonds. The van der Waals surface area contributed by atoms with Crippen LogP contribution in [0.1, 0.15) is 12.5 Å². The Bertz CT molecular complexity index is 799. The summed E-state index contributed by atoms with van der Waals surface area (Å²) in [6.07, 6.45) is 1.76. The number of nitrogens with zero attached hydrogens (tertiary/aromatic N) is 2. The molecule has 8 nitrogen and oxygen atoms in total.